The summed E-state index contributed by atoms with van der Waals surface area (Å²) in [5.74, 6) is -1.30. The van der Waals surface area contributed by atoms with E-state index in [-0.39, 0.29) is 17.4 Å². The van der Waals surface area contributed by atoms with Gasteiger partial charge in [0.15, 0.2) is 0 Å². The van der Waals surface area contributed by atoms with Gasteiger partial charge in [0.25, 0.3) is 0 Å². The van der Waals surface area contributed by atoms with Gasteiger partial charge in [-0.3, -0.25) is 19.2 Å². The van der Waals surface area contributed by atoms with E-state index in [1.807, 2.05) is 149 Å². The summed E-state index contributed by atoms with van der Waals surface area (Å²) < 4.78 is 9.45. The third kappa shape index (κ3) is 16.2. The Bertz CT molecular complexity index is 2130. The molecular formula is C51H58N2O7. The van der Waals surface area contributed by atoms with Crippen molar-refractivity contribution in [3.63, 3.8) is 0 Å². The molecule has 0 atom stereocenters. The van der Waals surface area contributed by atoms with Crippen LogP contribution in [0.25, 0.3) is 0 Å². The van der Waals surface area contributed by atoms with Gasteiger partial charge in [-0.2, -0.15) is 10.5 Å². The van der Waals surface area contributed by atoms with Crippen molar-refractivity contribution in [2.24, 2.45) is 0 Å². The number of hydrogen-bond donors (Lipinski definition) is 1. The number of ether oxygens (including phenoxy) is 2. The number of nitrogens with zero attached hydrogens (tertiary/aromatic N) is 2. The summed E-state index contributed by atoms with van der Waals surface area (Å²) in [6, 6.07) is 49.6. The van der Waals surface area contributed by atoms with Crippen LogP contribution in [0.2, 0.25) is 0 Å². The van der Waals surface area contributed by atoms with E-state index in [0.29, 0.717) is 12.0 Å². The number of carboxylic acids is 1. The van der Waals surface area contributed by atoms with Gasteiger partial charge in [0, 0.05) is 5.56 Å². The maximum atomic E-state index is 11.5. The maximum Gasteiger partial charge on any atom is 0.315 e. The predicted molar refractivity (Wildman–Crippen MR) is 236 cm³/mol. The maximum absolute atomic E-state index is 11.5. The first kappa shape index (κ1) is 51.2. The van der Waals surface area contributed by atoms with E-state index in [0.717, 1.165) is 34.1 Å². The summed E-state index contributed by atoms with van der Waals surface area (Å²) in [6.45, 7) is 14.5. The van der Waals surface area contributed by atoms with Crippen LogP contribution in [0.5, 0.6) is 0 Å². The Morgan fingerprint density at radius 1 is 0.533 bits per heavy atom. The van der Waals surface area contributed by atoms with Crippen LogP contribution in [-0.2, 0) is 51.9 Å². The number of carbonyl (C=O) groups is 4. The lowest BCUT2D eigenvalue weighted by atomic mass is 9.84. The molecule has 60 heavy (non-hydrogen) atoms. The number of carbonyl (C=O) groups excluding carboxylic acids is 3. The van der Waals surface area contributed by atoms with Gasteiger partial charge in [0.1, 0.15) is 6.29 Å². The lowest BCUT2D eigenvalue weighted by molar-refractivity contribution is -0.147. The van der Waals surface area contributed by atoms with Gasteiger partial charge in [-0.25, -0.2) is 0 Å². The van der Waals surface area contributed by atoms with E-state index < -0.39 is 22.2 Å². The fourth-order valence-electron chi connectivity index (χ4n) is 5.16. The molecule has 0 radical (unpaired) electrons. The Hall–Kier alpha value is -6.84. The third-order valence-corrected chi connectivity index (χ3v) is 9.59. The molecule has 0 saturated carbocycles. The molecule has 5 aromatic carbocycles. The molecule has 0 unspecified atom stereocenters. The topological polar surface area (TPSA) is 155 Å². The Morgan fingerprint density at radius 3 is 1.18 bits per heavy atom. The third-order valence-electron chi connectivity index (χ3n) is 9.59. The molecule has 9 nitrogen and oxygen atoms in total. The molecule has 0 aliphatic rings. The Balaban J connectivity index is 0.000000378. The molecule has 0 amide bonds. The summed E-state index contributed by atoms with van der Waals surface area (Å²) in [6.07, 6.45) is 1.29. The van der Waals surface area contributed by atoms with Crippen LogP contribution in [0.4, 0.5) is 0 Å². The lowest BCUT2D eigenvalue weighted by Gasteiger charge is -2.21. The molecule has 0 spiro atoms. The van der Waals surface area contributed by atoms with Crippen molar-refractivity contribution in [2.75, 3.05) is 14.2 Å². The smallest absolute Gasteiger partial charge is 0.315 e. The van der Waals surface area contributed by atoms with E-state index in [1.54, 1.807) is 52.0 Å². The van der Waals surface area contributed by atoms with Gasteiger partial charge in [-0.05, 0) is 83.2 Å². The van der Waals surface area contributed by atoms with Crippen LogP contribution in [0.15, 0.2) is 146 Å². The molecule has 314 valence electrons. The first-order chi connectivity index (χ1) is 28.3. The summed E-state index contributed by atoms with van der Waals surface area (Å²) >= 11 is 0. The number of rotatable bonds is 9. The van der Waals surface area contributed by atoms with Gasteiger partial charge < -0.3 is 14.6 Å². The van der Waals surface area contributed by atoms with Gasteiger partial charge in [-0.1, -0.05) is 146 Å². The lowest BCUT2D eigenvalue weighted by Crippen LogP contribution is -2.30. The molecule has 1 N–H and O–H groups in total. The normalized spacial score (nSPS) is 10.5. The minimum atomic E-state index is -0.797. The van der Waals surface area contributed by atoms with Crippen LogP contribution < -0.4 is 0 Å². The molecule has 0 bridgehead atoms. The fraction of sp³-hybridized carbons (Fsp3) is 0.294. The van der Waals surface area contributed by atoms with Crippen molar-refractivity contribution in [2.45, 2.75) is 83.5 Å². The van der Waals surface area contributed by atoms with E-state index in [9.17, 15) is 19.2 Å². The van der Waals surface area contributed by atoms with Crippen LogP contribution in [0, 0.1) is 22.7 Å². The van der Waals surface area contributed by atoms with Crippen LogP contribution in [0.3, 0.4) is 0 Å². The van der Waals surface area contributed by atoms with Crippen LogP contribution in [0.1, 0.15) is 93.6 Å². The molecule has 0 aromatic heterocycles. The van der Waals surface area contributed by atoms with Crippen LogP contribution in [-0.4, -0.2) is 43.5 Å². The first-order valence-corrected chi connectivity index (χ1v) is 19.2. The van der Waals surface area contributed by atoms with E-state index >= 15 is 0 Å². The highest BCUT2D eigenvalue weighted by Crippen LogP contribution is 2.26. The van der Waals surface area contributed by atoms with Crippen molar-refractivity contribution in [3.8, 4) is 12.1 Å². The number of methoxy groups -OCH3 is 2. The zero-order chi connectivity index (χ0) is 45.4. The van der Waals surface area contributed by atoms with Gasteiger partial charge in [-0.15, -0.1) is 0 Å². The van der Waals surface area contributed by atoms with Gasteiger partial charge >= 0.3 is 17.9 Å². The highest BCUT2D eigenvalue weighted by molar-refractivity contribution is 5.83. The van der Waals surface area contributed by atoms with Crippen molar-refractivity contribution >= 4 is 24.2 Å². The number of aldehydes is 1. The summed E-state index contributed by atoms with van der Waals surface area (Å²) in [7, 11) is 2.77. The fourth-order valence-corrected chi connectivity index (χ4v) is 5.16. The molecule has 9 heteroatoms. The number of esters is 2. The number of hydrogen-bond acceptors (Lipinski definition) is 8. The second-order valence-electron chi connectivity index (χ2n) is 15.6. The van der Waals surface area contributed by atoms with Crippen molar-refractivity contribution in [1.29, 1.82) is 10.5 Å². The van der Waals surface area contributed by atoms with Crippen molar-refractivity contribution in [3.05, 3.63) is 179 Å². The number of carboxylic acid groups (broad SMARTS) is 1. The monoisotopic (exact) mass is 810 g/mol. The standard InChI is InChI=1S/C12H14O3.C11H14O2.C10H11N.C10H12O2.C8H7N/c1-12(2,11(14)15-3)10-6-4-9(8-13)5-7-10;1-11(2,10(12)13-3)9-7-5-4-6-8-9;1-10(2,8-11)9-6-4-3-5-7-9;1-10(2,9(11)12)8-6-4-3-5-7-8;9-7-6-8-4-2-1-3-5-8/h4-8H,1-3H3;4-8H,1-3H3;3-7H,1-2H3;3-7H,1-2H3,(H,11,12);1-5H,6H2. The number of nitriles is 2. The van der Waals surface area contributed by atoms with Crippen molar-refractivity contribution < 1.29 is 33.8 Å². The average Bonchev–Trinajstić information content (AvgIpc) is 3.28. The van der Waals surface area contributed by atoms with E-state index in [2.05, 4.69) is 12.1 Å². The summed E-state index contributed by atoms with van der Waals surface area (Å²) in [5.41, 5.74) is 3.00. The van der Waals surface area contributed by atoms with E-state index in [4.69, 9.17) is 25.1 Å². The largest absolute Gasteiger partial charge is 0.481 e. The summed E-state index contributed by atoms with van der Waals surface area (Å²) in [5, 5.41) is 26.0. The van der Waals surface area contributed by atoms with Crippen LogP contribution >= 0.6 is 0 Å². The Morgan fingerprint density at radius 2 is 0.867 bits per heavy atom. The second kappa shape index (κ2) is 24.8. The average molecular weight is 811 g/mol. The minimum absolute atomic E-state index is 0.210. The zero-order valence-corrected chi connectivity index (χ0v) is 36.4. The Kier molecular flexibility index (Phi) is 21.2. The number of aliphatic carboxylic acids is 1. The van der Waals surface area contributed by atoms with Gasteiger partial charge in [0.2, 0.25) is 0 Å². The Labute approximate surface area is 356 Å². The highest BCUT2D eigenvalue weighted by atomic mass is 16.5. The zero-order valence-electron chi connectivity index (χ0n) is 36.4. The molecular weight excluding hydrogens is 753 g/mol. The molecule has 0 saturated heterocycles. The predicted octanol–water partition coefficient (Wildman–Crippen LogP) is 10.4. The minimum Gasteiger partial charge on any atom is -0.481 e. The molecule has 5 rings (SSSR count). The second-order valence-corrected chi connectivity index (χ2v) is 15.6. The molecule has 0 aliphatic heterocycles. The number of benzene rings is 5. The first-order valence-electron chi connectivity index (χ1n) is 19.2. The van der Waals surface area contributed by atoms with E-state index in [1.165, 1.54) is 14.2 Å². The quantitative estimate of drug-likeness (QED) is 0.113. The molecule has 0 aliphatic carbocycles. The molecule has 0 heterocycles. The molecule has 0 fully saturated rings. The highest BCUT2D eigenvalue weighted by Gasteiger charge is 2.31. The van der Waals surface area contributed by atoms with Gasteiger partial charge in [0.05, 0.1) is 54.4 Å². The molecule has 5 aromatic rings. The summed E-state index contributed by atoms with van der Waals surface area (Å²) in [4.78, 5) is 44.2. The van der Waals surface area contributed by atoms with Crippen molar-refractivity contribution in [1.82, 2.24) is 0 Å². The SMILES string of the molecule is CC(C)(C#N)c1ccccc1.CC(C)(C(=O)O)c1ccccc1.COC(=O)C(C)(C)c1ccc(C=O)cc1.COC(=O)C(C)(C)c1ccccc1.N#CCc1ccccc1.